The second kappa shape index (κ2) is 6.68. The summed E-state index contributed by atoms with van der Waals surface area (Å²) in [6, 6.07) is 6.85. The molecule has 1 atom stereocenters. The molecule has 0 amide bonds. The number of piperidine rings is 1. The van der Waals surface area contributed by atoms with Crippen molar-refractivity contribution in [2.75, 3.05) is 6.54 Å². The number of hydrogen-bond donors (Lipinski definition) is 1. The summed E-state index contributed by atoms with van der Waals surface area (Å²) in [5.74, 6) is 0. The van der Waals surface area contributed by atoms with Crippen LogP contribution < -0.4 is 5.32 Å². The van der Waals surface area contributed by atoms with Crippen molar-refractivity contribution in [2.45, 2.75) is 35.7 Å². The minimum atomic E-state index is -4.22. The van der Waals surface area contributed by atoms with Crippen LogP contribution in [0.3, 0.4) is 0 Å². The van der Waals surface area contributed by atoms with Gasteiger partial charge in [0.2, 0.25) is 0 Å². The third-order valence-electron chi connectivity index (χ3n) is 2.83. The van der Waals surface area contributed by atoms with Crippen LogP contribution in [0, 0.1) is 0 Å². The standard InChI is InChI=1S/C12H14F3NS.ClH/c13-12(14,15)17-11-7-2-1-5-9(11)10-6-3-4-8-16-10;/h1-2,5,7,10,16H,3-4,6,8H2;1H/t10-;/m1./s1. The normalized spacial score (nSPS) is 20.3. The van der Waals surface area contributed by atoms with Gasteiger partial charge in [-0.3, -0.25) is 0 Å². The number of benzene rings is 1. The second-order valence-electron chi connectivity index (χ2n) is 4.09. The highest BCUT2D eigenvalue weighted by atomic mass is 35.5. The molecule has 0 bridgehead atoms. The summed E-state index contributed by atoms with van der Waals surface area (Å²) in [6.45, 7) is 0.885. The minimum Gasteiger partial charge on any atom is -0.310 e. The average Bonchev–Trinajstić information content (AvgIpc) is 2.29. The van der Waals surface area contributed by atoms with E-state index in [-0.39, 0.29) is 30.2 Å². The zero-order valence-corrected chi connectivity index (χ0v) is 11.3. The number of halogens is 4. The van der Waals surface area contributed by atoms with Crippen molar-refractivity contribution in [3.05, 3.63) is 29.8 Å². The molecule has 1 aromatic carbocycles. The Balaban J connectivity index is 0.00000162. The molecule has 18 heavy (non-hydrogen) atoms. The van der Waals surface area contributed by atoms with Gasteiger partial charge in [0, 0.05) is 10.9 Å². The van der Waals surface area contributed by atoms with E-state index < -0.39 is 5.51 Å². The maximum atomic E-state index is 12.4. The SMILES string of the molecule is Cl.FC(F)(F)Sc1ccccc1[C@H]1CCCCN1. The van der Waals surface area contributed by atoms with E-state index in [2.05, 4.69) is 5.32 Å². The summed E-state index contributed by atoms with van der Waals surface area (Å²) in [5.41, 5.74) is -3.44. The Kier molecular flexibility index (Phi) is 5.82. The Morgan fingerprint density at radius 3 is 2.50 bits per heavy atom. The molecular weight excluding hydrogens is 283 g/mol. The lowest BCUT2D eigenvalue weighted by atomic mass is 9.98. The second-order valence-corrected chi connectivity index (χ2v) is 5.19. The highest BCUT2D eigenvalue weighted by molar-refractivity contribution is 8.00. The number of hydrogen-bond acceptors (Lipinski definition) is 2. The monoisotopic (exact) mass is 297 g/mol. The van der Waals surface area contributed by atoms with Crippen molar-refractivity contribution < 1.29 is 13.2 Å². The van der Waals surface area contributed by atoms with Crippen molar-refractivity contribution in [1.29, 1.82) is 0 Å². The van der Waals surface area contributed by atoms with Crippen LogP contribution in [0.25, 0.3) is 0 Å². The molecule has 0 radical (unpaired) electrons. The Morgan fingerprint density at radius 2 is 1.89 bits per heavy atom. The molecule has 1 saturated heterocycles. The van der Waals surface area contributed by atoms with Crippen molar-refractivity contribution in [3.8, 4) is 0 Å². The van der Waals surface area contributed by atoms with Crippen LogP contribution in [0.2, 0.25) is 0 Å². The molecule has 1 aliphatic heterocycles. The van der Waals surface area contributed by atoms with Crippen LogP contribution in [0.15, 0.2) is 29.2 Å². The van der Waals surface area contributed by atoms with Crippen molar-refractivity contribution >= 4 is 24.2 Å². The van der Waals surface area contributed by atoms with Crippen LogP contribution in [0.4, 0.5) is 13.2 Å². The van der Waals surface area contributed by atoms with Crippen LogP contribution in [-0.2, 0) is 0 Å². The van der Waals surface area contributed by atoms with Gasteiger partial charge in [-0.2, -0.15) is 13.2 Å². The number of nitrogens with one attached hydrogen (secondary N) is 1. The van der Waals surface area contributed by atoms with E-state index in [4.69, 9.17) is 0 Å². The first-order chi connectivity index (χ1) is 8.06. The van der Waals surface area contributed by atoms with Gasteiger partial charge in [-0.15, -0.1) is 12.4 Å². The first-order valence-corrected chi connectivity index (χ1v) is 6.46. The molecule has 1 heterocycles. The van der Waals surface area contributed by atoms with Crippen LogP contribution in [0.1, 0.15) is 30.9 Å². The molecule has 6 heteroatoms. The first kappa shape index (κ1) is 15.7. The summed E-state index contributed by atoms with van der Waals surface area (Å²) in [4.78, 5) is 0.319. The molecule has 0 aliphatic carbocycles. The van der Waals surface area contributed by atoms with Gasteiger partial charge in [0.25, 0.3) is 0 Å². The maximum absolute atomic E-state index is 12.4. The Hall–Kier alpha value is -0.390. The van der Waals surface area contributed by atoms with Gasteiger partial charge in [0.05, 0.1) is 0 Å². The molecule has 2 rings (SSSR count). The van der Waals surface area contributed by atoms with Gasteiger partial charge in [0.15, 0.2) is 0 Å². The van der Waals surface area contributed by atoms with Gasteiger partial charge < -0.3 is 5.32 Å². The molecule has 1 N–H and O–H groups in total. The molecule has 1 fully saturated rings. The minimum absolute atomic E-state index is 0. The number of thioether (sulfide) groups is 1. The van der Waals surface area contributed by atoms with Crippen LogP contribution in [-0.4, -0.2) is 12.1 Å². The Bertz CT molecular complexity index is 378. The number of rotatable bonds is 2. The molecule has 1 aliphatic rings. The summed E-state index contributed by atoms with van der Waals surface area (Å²) in [5, 5.41) is 3.28. The zero-order valence-electron chi connectivity index (χ0n) is 9.67. The summed E-state index contributed by atoms with van der Waals surface area (Å²) >= 11 is -0.0190. The molecule has 102 valence electrons. The van der Waals surface area contributed by atoms with Gasteiger partial charge in [0.1, 0.15) is 0 Å². The van der Waals surface area contributed by atoms with Crippen molar-refractivity contribution in [1.82, 2.24) is 5.32 Å². The molecule has 0 saturated carbocycles. The smallest absolute Gasteiger partial charge is 0.310 e. The van der Waals surface area contributed by atoms with Crippen molar-refractivity contribution in [3.63, 3.8) is 0 Å². The Morgan fingerprint density at radius 1 is 1.17 bits per heavy atom. The molecule has 1 aromatic rings. The summed E-state index contributed by atoms with van der Waals surface area (Å²) in [6.07, 6.45) is 3.09. The fraction of sp³-hybridized carbons (Fsp3) is 0.500. The largest absolute Gasteiger partial charge is 0.446 e. The highest BCUT2D eigenvalue weighted by Gasteiger charge is 2.31. The van der Waals surface area contributed by atoms with E-state index in [1.807, 2.05) is 0 Å². The Labute approximate surface area is 115 Å². The van der Waals surface area contributed by atoms with E-state index >= 15 is 0 Å². The average molecular weight is 298 g/mol. The topological polar surface area (TPSA) is 12.0 Å². The fourth-order valence-electron chi connectivity index (χ4n) is 2.10. The van der Waals surface area contributed by atoms with E-state index in [1.165, 1.54) is 0 Å². The van der Waals surface area contributed by atoms with Gasteiger partial charge in [-0.05, 0) is 42.8 Å². The lowest BCUT2D eigenvalue weighted by Gasteiger charge is -2.25. The third-order valence-corrected chi connectivity index (χ3v) is 3.65. The molecule has 0 spiro atoms. The lowest BCUT2D eigenvalue weighted by Crippen LogP contribution is -2.27. The van der Waals surface area contributed by atoms with Gasteiger partial charge >= 0.3 is 5.51 Å². The van der Waals surface area contributed by atoms with Gasteiger partial charge in [-0.25, -0.2) is 0 Å². The first-order valence-electron chi connectivity index (χ1n) is 5.64. The van der Waals surface area contributed by atoms with Crippen LogP contribution >= 0.6 is 24.2 Å². The van der Waals surface area contributed by atoms with Gasteiger partial charge in [-0.1, -0.05) is 24.6 Å². The zero-order chi connectivity index (χ0) is 12.3. The van der Waals surface area contributed by atoms with E-state index in [1.54, 1.807) is 24.3 Å². The quantitative estimate of drug-likeness (QED) is 0.805. The maximum Gasteiger partial charge on any atom is 0.446 e. The molecule has 0 aromatic heterocycles. The van der Waals surface area contributed by atoms with E-state index in [0.29, 0.717) is 4.90 Å². The van der Waals surface area contributed by atoms with Crippen molar-refractivity contribution in [2.24, 2.45) is 0 Å². The fourth-order valence-corrected chi connectivity index (χ4v) is 2.83. The lowest BCUT2D eigenvalue weighted by molar-refractivity contribution is -0.0328. The number of alkyl halides is 3. The summed E-state index contributed by atoms with van der Waals surface area (Å²) in [7, 11) is 0. The van der Waals surface area contributed by atoms with Crippen LogP contribution in [0.5, 0.6) is 0 Å². The predicted molar refractivity (Wildman–Crippen MR) is 70.2 cm³/mol. The molecule has 0 unspecified atom stereocenters. The predicted octanol–water partition coefficient (Wildman–Crippen LogP) is 4.53. The molecular formula is C12H15ClF3NS. The molecule has 1 nitrogen and oxygen atoms in total. The third kappa shape index (κ3) is 4.37. The highest BCUT2D eigenvalue weighted by Crippen LogP contribution is 2.41. The van der Waals surface area contributed by atoms with E-state index in [0.717, 1.165) is 31.4 Å². The summed E-state index contributed by atoms with van der Waals surface area (Å²) < 4.78 is 37.3. The van der Waals surface area contributed by atoms with E-state index in [9.17, 15) is 13.2 Å².